The molecule has 4 rings (SSSR count). The van der Waals surface area contributed by atoms with Crippen LogP contribution in [0.25, 0.3) is 0 Å². The highest BCUT2D eigenvalue weighted by atomic mass is 32.1. The number of nitrogens with zero attached hydrogens (tertiary/aromatic N) is 5. The van der Waals surface area contributed by atoms with Crippen LogP contribution in [0.1, 0.15) is 56.6 Å². The lowest BCUT2D eigenvalue weighted by Gasteiger charge is -2.27. The number of likely N-dealkylation sites (tertiary alicyclic amines) is 1. The number of rotatable bonds is 4. The molecule has 0 unspecified atom stereocenters. The largest absolute Gasteiger partial charge is 0.343 e. The summed E-state index contributed by atoms with van der Waals surface area (Å²) in [5.41, 5.74) is 4.07. The predicted molar refractivity (Wildman–Crippen MR) is 107 cm³/mol. The third-order valence-electron chi connectivity index (χ3n) is 5.74. The van der Waals surface area contributed by atoms with Crippen molar-refractivity contribution in [3.05, 3.63) is 32.5 Å². The Balaban J connectivity index is 1.48. The number of amides is 2. The average Bonchev–Trinajstić information content (AvgIpc) is 3.39. The number of hydrogen-bond acceptors (Lipinski definition) is 5. The molecule has 0 atom stereocenters. The van der Waals surface area contributed by atoms with Crippen LogP contribution in [0.3, 0.4) is 0 Å². The maximum atomic E-state index is 13.0. The summed E-state index contributed by atoms with van der Waals surface area (Å²) >= 11 is 1.46. The van der Waals surface area contributed by atoms with Crippen molar-refractivity contribution in [2.24, 2.45) is 7.05 Å². The van der Waals surface area contributed by atoms with E-state index in [1.807, 2.05) is 35.4 Å². The molecule has 0 saturated carbocycles. The van der Waals surface area contributed by atoms with E-state index in [0.29, 0.717) is 25.9 Å². The molecule has 0 radical (unpaired) electrons. The SMILES string of the molecule is Cc1nc(C)c(C(=O)N2CCc3c(c(CCC(=O)N4CCCC4)nn3C)C2)s1. The van der Waals surface area contributed by atoms with Crippen LogP contribution in [0.15, 0.2) is 0 Å². The topological polar surface area (TPSA) is 71.3 Å². The summed E-state index contributed by atoms with van der Waals surface area (Å²) in [4.78, 5) is 34.4. The first kappa shape index (κ1) is 19.1. The van der Waals surface area contributed by atoms with E-state index in [4.69, 9.17) is 0 Å². The molecule has 0 aliphatic carbocycles. The van der Waals surface area contributed by atoms with Gasteiger partial charge in [0.25, 0.3) is 5.91 Å². The summed E-state index contributed by atoms with van der Waals surface area (Å²) in [5, 5.41) is 5.59. The van der Waals surface area contributed by atoms with E-state index in [2.05, 4.69) is 10.1 Å². The van der Waals surface area contributed by atoms with Crippen LogP contribution in [0.4, 0.5) is 0 Å². The van der Waals surface area contributed by atoms with Crippen molar-refractivity contribution in [3.8, 4) is 0 Å². The van der Waals surface area contributed by atoms with Crippen LogP contribution in [-0.2, 0) is 31.2 Å². The van der Waals surface area contributed by atoms with Crippen LogP contribution in [0.2, 0.25) is 0 Å². The molecule has 2 amide bonds. The zero-order valence-corrected chi connectivity index (χ0v) is 17.6. The number of carbonyl (C=O) groups excluding carboxylic acids is 2. The number of fused-ring (bicyclic) bond motifs is 1. The van der Waals surface area contributed by atoms with Gasteiger partial charge in [0.2, 0.25) is 5.91 Å². The molecule has 2 aliphatic heterocycles. The highest BCUT2D eigenvalue weighted by molar-refractivity contribution is 7.13. The summed E-state index contributed by atoms with van der Waals surface area (Å²) in [7, 11) is 1.96. The summed E-state index contributed by atoms with van der Waals surface area (Å²) in [6, 6.07) is 0. The maximum Gasteiger partial charge on any atom is 0.266 e. The molecular weight excluding hydrogens is 374 g/mol. The van der Waals surface area contributed by atoms with E-state index in [1.54, 1.807) is 0 Å². The van der Waals surface area contributed by atoms with Gasteiger partial charge >= 0.3 is 0 Å². The summed E-state index contributed by atoms with van der Waals surface area (Å²) < 4.78 is 1.93. The molecule has 4 heterocycles. The number of carbonyl (C=O) groups is 2. The Morgan fingerprint density at radius 3 is 2.54 bits per heavy atom. The van der Waals surface area contributed by atoms with Crippen molar-refractivity contribution in [3.63, 3.8) is 0 Å². The minimum absolute atomic E-state index is 0.0525. The van der Waals surface area contributed by atoms with Gasteiger partial charge in [-0.05, 0) is 26.7 Å². The molecule has 28 heavy (non-hydrogen) atoms. The van der Waals surface area contributed by atoms with Crippen LogP contribution in [0.5, 0.6) is 0 Å². The highest BCUT2D eigenvalue weighted by Gasteiger charge is 2.29. The van der Waals surface area contributed by atoms with Gasteiger partial charge in [0.15, 0.2) is 0 Å². The Morgan fingerprint density at radius 1 is 1.11 bits per heavy atom. The molecular formula is C20H27N5O2S. The quantitative estimate of drug-likeness (QED) is 0.788. The fourth-order valence-electron chi connectivity index (χ4n) is 4.27. The molecule has 8 heteroatoms. The minimum Gasteiger partial charge on any atom is -0.343 e. The van der Waals surface area contributed by atoms with Crippen molar-refractivity contribution in [2.75, 3.05) is 19.6 Å². The van der Waals surface area contributed by atoms with E-state index < -0.39 is 0 Å². The second kappa shape index (κ2) is 7.66. The van der Waals surface area contributed by atoms with E-state index in [-0.39, 0.29) is 11.8 Å². The first-order valence-electron chi connectivity index (χ1n) is 9.98. The first-order valence-corrected chi connectivity index (χ1v) is 10.8. The minimum atomic E-state index is 0.0525. The van der Waals surface area contributed by atoms with E-state index in [9.17, 15) is 9.59 Å². The van der Waals surface area contributed by atoms with Crippen LogP contribution in [-0.4, -0.2) is 56.0 Å². The van der Waals surface area contributed by atoms with Crippen molar-refractivity contribution in [1.82, 2.24) is 24.6 Å². The second-order valence-corrected chi connectivity index (χ2v) is 8.91. The molecule has 2 aromatic heterocycles. The van der Waals surface area contributed by atoms with Gasteiger partial charge in [0.05, 0.1) is 16.4 Å². The molecule has 1 fully saturated rings. The van der Waals surface area contributed by atoms with Gasteiger partial charge < -0.3 is 9.80 Å². The monoisotopic (exact) mass is 401 g/mol. The lowest BCUT2D eigenvalue weighted by Crippen LogP contribution is -2.36. The Kier molecular flexibility index (Phi) is 5.23. The van der Waals surface area contributed by atoms with E-state index in [0.717, 1.165) is 59.2 Å². The molecule has 150 valence electrons. The van der Waals surface area contributed by atoms with Gasteiger partial charge in [0.1, 0.15) is 4.88 Å². The molecule has 2 aromatic rings. The second-order valence-electron chi connectivity index (χ2n) is 7.71. The van der Waals surface area contributed by atoms with Gasteiger partial charge in [-0.25, -0.2) is 4.98 Å². The van der Waals surface area contributed by atoms with Gasteiger partial charge in [-0.2, -0.15) is 5.10 Å². The molecule has 0 bridgehead atoms. The molecule has 1 saturated heterocycles. The summed E-state index contributed by atoms with van der Waals surface area (Å²) in [5.74, 6) is 0.271. The Hall–Kier alpha value is -2.22. The number of aryl methyl sites for hydroxylation is 4. The highest BCUT2D eigenvalue weighted by Crippen LogP contribution is 2.27. The normalized spacial score (nSPS) is 16.5. The predicted octanol–water partition coefficient (Wildman–Crippen LogP) is 2.25. The van der Waals surface area contributed by atoms with Crippen LogP contribution >= 0.6 is 11.3 Å². The third-order valence-corrected chi connectivity index (χ3v) is 6.81. The van der Waals surface area contributed by atoms with Gasteiger partial charge in [-0.1, -0.05) is 0 Å². The smallest absolute Gasteiger partial charge is 0.266 e. The maximum absolute atomic E-state index is 13.0. The van der Waals surface area contributed by atoms with Crippen LogP contribution in [0, 0.1) is 13.8 Å². The average molecular weight is 402 g/mol. The molecule has 2 aliphatic rings. The standard InChI is InChI=1S/C20H27N5O2S/c1-13-19(28-14(2)21-13)20(27)25-11-8-17-15(12-25)16(22-23(17)3)6-7-18(26)24-9-4-5-10-24/h4-12H2,1-3H3. The molecule has 0 spiro atoms. The first-order chi connectivity index (χ1) is 13.4. The number of hydrogen-bond donors (Lipinski definition) is 0. The van der Waals surface area contributed by atoms with E-state index >= 15 is 0 Å². The molecule has 7 nitrogen and oxygen atoms in total. The fraction of sp³-hybridized carbons (Fsp3) is 0.600. The van der Waals surface area contributed by atoms with Crippen molar-refractivity contribution >= 4 is 23.2 Å². The van der Waals surface area contributed by atoms with Crippen molar-refractivity contribution in [2.45, 2.75) is 52.5 Å². The molecule has 0 N–H and O–H groups in total. The number of aromatic nitrogens is 3. The van der Waals surface area contributed by atoms with Crippen LogP contribution < -0.4 is 0 Å². The van der Waals surface area contributed by atoms with Gasteiger partial charge in [-0.15, -0.1) is 11.3 Å². The van der Waals surface area contributed by atoms with Gasteiger partial charge in [0, 0.05) is 63.7 Å². The third kappa shape index (κ3) is 3.57. The summed E-state index contributed by atoms with van der Waals surface area (Å²) in [6.45, 7) is 6.84. The van der Waals surface area contributed by atoms with Gasteiger partial charge in [-0.3, -0.25) is 14.3 Å². The van der Waals surface area contributed by atoms with Crippen molar-refractivity contribution < 1.29 is 9.59 Å². The zero-order valence-electron chi connectivity index (χ0n) is 16.8. The molecule has 0 aromatic carbocycles. The number of thiazole rings is 1. The van der Waals surface area contributed by atoms with Crippen molar-refractivity contribution in [1.29, 1.82) is 0 Å². The Labute approximate surface area is 169 Å². The van der Waals surface area contributed by atoms with E-state index in [1.165, 1.54) is 17.0 Å². The zero-order chi connectivity index (χ0) is 19.8. The lowest BCUT2D eigenvalue weighted by molar-refractivity contribution is -0.130. The lowest BCUT2D eigenvalue weighted by atomic mass is 10.0. The fourth-order valence-corrected chi connectivity index (χ4v) is 5.15. The Morgan fingerprint density at radius 2 is 1.86 bits per heavy atom. The summed E-state index contributed by atoms with van der Waals surface area (Å²) in [6.07, 6.45) is 4.14. The Bertz CT molecular complexity index is 910.